The van der Waals surface area contributed by atoms with Crippen LogP contribution in [0, 0.1) is 20.6 Å². The minimum absolute atomic E-state index is 0.0513. The maximum Gasteiger partial charge on any atom is 0.274 e. The van der Waals surface area contributed by atoms with E-state index in [0.717, 1.165) is 5.56 Å². The number of rotatable bonds is 7. The van der Waals surface area contributed by atoms with Gasteiger partial charge >= 0.3 is 0 Å². The van der Waals surface area contributed by atoms with E-state index in [-0.39, 0.29) is 5.69 Å². The number of anilines is 1. The minimum Gasteiger partial charge on any atom is -0.493 e. The van der Waals surface area contributed by atoms with Gasteiger partial charge in [0.15, 0.2) is 11.5 Å². The third kappa shape index (κ3) is 5.07. The van der Waals surface area contributed by atoms with Crippen molar-refractivity contribution in [2.45, 2.75) is 13.5 Å². The molecule has 7 nitrogen and oxygen atoms in total. The zero-order valence-corrected chi connectivity index (χ0v) is 18.5. The van der Waals surface area contributed by atoms with Crippen LogP contribution in [-0.2, 0) is 6.61 Å². The zero-order valence-electron chi connectivity index (χ0n) is 16.3. The van der Waals surface area contributed by atoms with Gasteiger partial charge in [0, 0.05) is 22.9 Å². The van der Waals surface area contributed by atoms with Crippen molar-refractivity contribution in [3.63, 3.8) is 0 Å². The van der Waals surface area contributed by atoms with Crippen molar-refractivity contribution in [1.29, 1.82) is 0 Å². The molecule has 1 amide bonds. The summed E-state index contributed by atoms with van der Waals surface area (Å²) < 4.78 is 12.0. The fourth-order valence-electron chi connectivity index (χ4n) is 2.81. The highest BCUT2D eigenvalue weighted by Crippen LogP contribution is 2.35. The molecule has 0 fully saturated rings. The molecule has 154 valence electrons. The van der Waals surface area contributed by atoms with Crippen LogP contribution in [-0.4, -0.2) is 17.9 Å². The van der Waals surface area contributed by atoms with Crippen molar-refractivity contribution in [2.75, 3.05) is 12.4 Å². The van der Waals surface area contributed by atoms with Gasteiger partial charge in [0.1, 0.15) is 6.61 Å². The van der Waals surface area contributed by atoms with E-state index in [2.05, 4.69) is 27.9 Å². The van der Waals surface area contributed by atoms with Gasteiger partial charge in [-0.1, -0.05) is 36.4 Å². The van der Waals surface area contributed by atoms with Crippen LogP contribution < -0.4 is 14.8 Å². The first-order valence-electron chi connectivity index (χ1n) is 8.99. The summed E-state index contributed by atoms with van der Waals surface area (Å²) >= 11 is 2.09. The van der Waals surface area contributed by atoms with Gasteiger partial charge in [0.25, 0.3) is 11.6 Å². The summed E-state index contributed by atoms with van der Waals surface area (Å²) in [7, 11) is 1.51. The van der Waals surface area contributed by atoms with Gasteiger partial charge in [-0.2, -0.15) is 0 Å². The Morgan fingerprint density at radius 3 is 2.53 bits per heavy atom. The van der Waals surface area contributed by atoms with Gasteiger partial charge in [-0.05, 0) is 53.3 Å². The van der Waals surface area contributed by atoms with E-state index in [0.29, 0.717) is 38.5 Å². The minimum atomic E-state index is -0.476. The second kappa shape index (κ2) is 9.57. The standard InChI is InChI=1S/C22H19IN2O5/c1-14-8-9-17(12-19(14)25(27)28)24-22(26)16-10-18(23)21(20(11-16)29-2)30-13-15-6-4-3-5-7-15/h3-12H,13H2,1-2H3,(H,24,26). The molecule has 0 spiro atoms. The van der Waals surface area contributed by atoms with Crippen LogP contribution in [0.2, 0.25) is 0 Å². The molecule has 30 heavy (non-hydrogen) atoms. The summed E-state index contributed by atoms with van der Waals surface area (Å²) in [5.74, 6) is 0.571. The predicted octanol–water partition coefficient (Wildman–Crippen LogP) is 5.35. The number of nitrogens with zero attached hydrogens (tertiary/aromatic N) is 1. The Hall–Kier alpha value is -3.14. The molecule has 3 aromatic rings. The molecule has 0 heterocycles. The largest absolute Gasteiger partial charge is 0.493 e. The van der Waals surface area contributed by atoms with Gasteiger partial charge in [0.05, 0.1) is 15.6 Å². The maximum absolute atomic E-state index is 12.7. The highest BCUT2D eigenvalue weighted by atomic mass is 127. The van der Waals surface area contributed by atoms with Crippen LogP contribution in [0.3, 0.4) is 0 Å². The van der Waals surface area contributed by atoms with E-state index in [1.54, 1.807) is 31.2 Å². The molecular formula is C22H19IN2O5. The highest BCUT2D eigenvalue weighted by molar-refractivity contribution is 14.1. The Balaban J connectivity index is 1.81. The molecule has 0 atom stereocenters. The average molecular weight is 518 g/mol. The molecular weight excluding hydrogens is 499 g/mol. The highest BCUT2D eigenvalue weighted by Gasteiger charge is 2.17. The number of benzene rings is 3. The molecule has 0 radical (unpaired) electrons. The lowest BCUT2D eigenvalue weighted by molar-refractivity contribution is -0.385. The monoisotopic (exact) mass is 518 g/mol. The molecule has 3 rings (SSSR count). The molecule has 0 aromatic heterocycles. The molecule has 0 saturated carbocycles. The molecule has 0 aliphatic rings. The number of nitrogens with one attached hydrogen (secondary N) is 1. The molecule has 8 heteroatoms. The number of hydrogen-bond donors (Lipinski definition) is 1. The number of carbonyl (C=O) groups is 1. The summed E-state index contributed by atoms with van der Waals surface area (Å²) in [5, 5.41) is 13.8. The van der Waals surface area contributed by atoms with E-state index in [4.69, 9.17) is 9.47 Å². The van der Waals surface area contributed by atoms with Crippen LogP contribution in [0.25, 0.3) is 0 Å². The summed E-state index contributed by atoms with van der Waals surface area (Å²) in [5.41, 5.74) is 2.18. The number of carbonyl (C=O) groups excluding carboxylic acids is 1. The molecule has 0 aliphatic heterocycles. The zero-order chi connectivity index (χ0) is 21.7. The van der Waals surface area contributed by atoms with E-state index in [9.17, 15) is 14.9 Å². The predicted molar refractivity (Wildman–Crippen MR) is 122 cm³/mol. The average Bonchev–Trinajstić information content (AvgIpc) is 2.74. The van der Waals surface area contributed by atoms with E-state index in [1.165, 1.54) is 13.2 Å². The van der Waals surface area contributed by atoms with Crippen molar-refractivity contribution in [3.05, 3.63) is 91.0 Å². The first-order valence-corrected chi connectivity index (χ1v) is 10.1. The first-order chi connectivity index (χ1) is 14.4. The Kier molecular flexibility index (Phi) is 6.88. The fraction of sp³-hybridized carbons (Fsp3) is 0.136. The quantitative estimate of drug-likeness (QED) is 0.259. The Morgan fingerprint density at radius 1 is 1.13 bits per heavy atom. The normalized spacial score (nSPS) is 10.4. The van der Waals surface area contributed by atoms with Gasteiger partial charge in [0.2, 0.25) is 0 Å². The molecule has 3 aromatic carbocycles. The van der Waals surface area contributed by atoms with Crippen molar-refractivity contribution in [3.8, 4) is 11.5 Å². The van der Waals surface area contributed by atoms with Crippen LogP contribution in [0.5, 0.6) is 11.5 Å². The molecule has 0 saturated heterocycles. The summed E-state index contributed by atoms with van der Waals surface area (Å²) in [6.07, 6.45) is 0. The number of nitro groups is 1. The third-order valence-corrected chi connectivity index (χ3v) is 5.18. The fourth-order valence-corrected chi connectivity index (χ4v) is 3.56. The van der Waals surface area contributed by atoms with Gasteiger partial charge < -0.3 is 14.8 Å². The summed E-state index contributed by atoms with van der Waals surface area (Å²) in [6, 6.07) is 17.5. The van der Waals surface area contributed by atoms with E-state index in [1.807, 2.05) is 30.3 Å². The summed E-state index contributed by atoms with van der Waals surface area (Å²) in [4.78, 5) is 23.4. The van der Waals surface area contributed by atoms with Gasteiger partial charge in [-0.3, -0.25) is 14.9 Å². The van der Waals surface area contributed by atoms with Gasteiger partial charge in [-0.15, -0.1) is 0 Å². The number of amides is 1. The Bertz CT molecular complexity index is 1090. The molecule has 0 aliphatic carbocycles. The number of ether oxygens (including phenoxy) is 2. The van der Waals surface area contributed by atoms with E-state index < -0.39 is 10.8 Å². The number of nitro benzene ring substituents is 1. The second-order valence-corrected chi connectivity index (χ2v) is 7.64. The van der Waals surface area contributed by atoms with Crippen LogP contribution in [0.4, 0.5) is 11.4 Å². The number of aryl methyl sites for hydroxylation is 1. The number of methoxy groups -OCH3 is 1. The lowest BCUT2D eigenvalue weighted by atomic mass is 10.1. The summed E-state index contributed by atoms with van der Waals surface area (Å²) in [6.45, 7) is 2.01. The Morgan fingerprint density at radius 2 is 1.87 bits per heavy atom. The van der Waals surface area contributed by atoms with Crippen LogP contribution in [0.15, 0.2) is 60.7 Å². The smallest absolute Gasteiger partial charge is 0.274 e. The molecule has 0 unspecified atom stereocenters. The molecule has 1 N–H and O–H groups in total. The number of hydrogen-bond acceptors (Lipinski definition) is 5. The lowest BCUT2D eigenvalue weighted by Gasteiger charge is -2.15. The maximum atomic E-state index is 12.7. The van der Waals surface area contributed by atoms with Crippen LogP contribution in [0.1, 0.15) is 21.5 Å². The van der Waals surface area contributed by atoms with Crippen molar-refractivity contribution < 1.29 is 19.2 Å². The Labute approximate surface area is 187 Å². The molecule has 0 bridgehead atoms. The lowest BCUT2D eigenvalue weighted by Crippen LogP contribution is -2.13. The second-order valence-electron chi connectivity index (χ2n) is 6.48. The topological polar surface area (TPSA) is 90.7 Å². The number of halogens is 1. The van der Waals surface area contributed by atoms with Crippen LogP contribution >= 0.6 is 22.6 Å². The third-order valence-electron chi connectivity index (χ3n) is 4.38. The van der Waals surface area contributed by atoms with E-state index >= 15 is 0 Å². The SMILES string of the molecule is COc1cc(C(=O)Nc2ccc(C)c([N+](=O)[O-])c2)cc(I)c1OCc1ccccc1. The van der Waals surface area contributed by atoms with Gasteiger partial charge in [-0.25, -0.2) is 0 Å². The van der Waals surface area contributed by atoms with Crippen molar-refractivity contribution >= 4 is 39.9 Å². The van der Waals surface area contributed by atoms with Crippen molar-refractivity contribution in [2.24, 2.45) is 0 Å². The van der Waals surface area contributed by atoms with Crippen molar-refractivity contribution in [1.82, 2.24) is 0 Å². The first kappa shape index (κ1) is 21.6.